The standard InChI is InChI=1S/C22H23ClN4O3S/c1-25(15-17-14-24-26(16-17)19-6-3-2-4-7-19)22(28)21-8-5-13-27(21)31(29,30)20-11-9-18(23)10-12-20/h2-4,6-7,9-12,14,16,21H,5,8,13,15H2,1H3/t21-/m1/s1. The van der Waals surface area contributed by atoms with Gasteiger partial charge in [-0.05, 0) is 49.2 Å². The van der Waals surface area contributed by atoms with Crippen molar-refractivity contribution in [3.63, 3.8) is 0 Å². The Morgan fingerprint density at radius 2 is 1.87 bits per heavy atom. The monoisotopic (exact) mass is 458 g/mol. The van der Waals surface area contributed by atoms with Gasteiger partial charge in [-0.2, -0.15) is 9.40 Å². The Labute approximate surface area is 186 Å². The zero-order valence-corrected chi connectivity index (χ0v) is 18.6. The van der Waals surface area contributed by atoms with E-state index in [1.807, 2.05) is 36.5 Å². The van der Waals surface area contributed by atoms with Gasteiger partial charge >= 0.3 is 0 Å². The minimum atomic E-state index is -3.78. The maximum atomic E-state index is 13.1. The molecule has 7 nitrogen and oxygen atoms in total. The number of sulfonamides is 1. The molecule has 1 amide bonds. The molecular weight excluding hydrogens is 436 g/mol. The van der Waals surface area contributed by atoms with Gasteiger partial charge in [0.05, 0.1) is 16.8 Å². The zero-order valence-electron chi connectivity index (χ0n) is 17.1. The van der Waals surface area contributed by atoms with Crippen LogP contribution in [0.4, 0.5) is 0 Å². The van der Waals surface area contributed by atoms with Gasteiger partial charge in [-0.3, -0.25) is 4.79 Å². The van der Waals surface area contributed by atoms with Crippen LogP contribution < -0.4 is 0 Å². The number of rotatable bonds is 6. The number of nitrogens with zero attached hydrogens (tertiary/aromatic N) is 4. The lowest BCUT2D eigenvalue weighted by atomic mass is 10.2. The smallest absolute Gasteiger partial charge is 0.243 e. The van der Waals surface area contributed by atoms with Crippen LogP contribution in [0, 0.1) is 0 Å². The van der Waals surface area contributed by atoms with Crippen molar-refractivity contribution < 1.29 is 13.2 Å². The van der Waals surface area contributed by atoms with E-state index in [1.165, 1.54) is 28.6 Å². The summed E-state index contributed by atoms with van der Waals surface area (Å²) >= 11 is 5.88. The van der Waals surface area contributed by atoms with Crippen molar-refractivity contribution >= 4 is 27.5 Å². The first-order valence-corrected chi connectivity index (χ1v) is 11.8. The van der Waals surface area contributed by atoms with Gasteiger partial charge in [-0.1, -0.05) is 29.8 Å². The third-order valence-electron chi connectivity index (χ3n) is 5.36. The molecule has 0 saturated carbocycles. The van der Waals surface area contributed by atoms with Crippen LogP contribution >= 0.6 is 11.6 Å². The third kappa shape index (κ3) is 4.51. The van der Waals surface area contributed by atoms with E-state index in [1.54, 1.807) is 22.8 Å². The van der Waals surface area contributed by atoms with Crippen molar-refractivity contribution in [3.05, 3.63) is 77.6 Å². The van der Waals surface area contributed by atoms with Gasteiger partial charge in [0.15, 0.2) is 0 Å². The van der Waals surface area contributed by atoms with Crippen LogP contribution in [0.1, 0.15) is 18.4 Å². The number of aromatic nitrogens is 2. The summed E-state index contributed by atoms with van der Waals surface area (Å²) in [4.78, 5) is 14.8. The first kappa shape index (κ1) is 21.5. The molecule has 0 aliphatic carbocycles. The highest BCUT2D eigenvalue weighted by Gasteiger charge is 2.40. The number of hydrogen-bond acceptors (Lipinski definition) is 4. The van der Waals surface area contributed by atoms with E-state index in [-0.39, 0.29) is 10.8 Å². The van der Waals surface area contributed by atoms with E-state index < -0.39 is 16.1 Å². The molecule has 0 unspecified atom stereocenters. The average molecular weight is 459 g/mol. The molecule has 2 aromatic carbocycles. The van der Waals surface area contributed by atoms with Crippen molar-refractivity contribution in [2.75, 3.05) is 13.6 Å². The fourth-order valence-corrected chi connectivity index (χ4v) is 5.56. The summed E-state index contributed by atoms with van der Waals surface area (Å²) in [6.07, 6.45) is 4.73. The van der Waals surface area contributed by atoms with Gasteiger partial charge in [0.25, 0.3) is 0 Å². The average Bonchev–Trinajstić information content (AvgIpc) is 3.44. The molecule has 0 radical (unpaired) electrons. The fraction of sp³-hybridized carbons (Fsp3) is 0.273. The van der Waals surface area contributed by atoms with E-state index in [0.717, 1.165) is 11.3 Å². The topological polar surface area (TPSA) is 75.5 Å². The Bertz CT molecular complexity index is 1160. The minimum absolute atomic E-state index is 0.142. The predicted molar refractivity (Wildman–Crippen MR) is 118 cm³/mol. The van der Waals surface area contributed by atoms with Crippen LogP contribution in [-0.4, -0.2) is 52.9 Å². The van der Waals surface area contributed by atoms with E-state index in [0.29, 0.717) is 31.0 Å². The molecule has 9 heteroatoms. The van der Waals surface area contributed by atoms with Crippen molar-refractivity contribution in [2.45, 2.75) is 30.3 Å². The van der Waals surface area contributed by atoms with Crippen LogP contribution in [0.2, 0.25) is 5.02 Å². The molecule has 1 aliphatic heterocycles. The van der Waals surface area contributed by atoms with Gasteiger partial charge in [-0.25, -0.2) is 13.1 Å². The molecule has 1 atom stereocenters. The first-order valence-electron chi connectivity index (χ1n) is 9.97. The highest BCUT2D eigenvalue weighted by atomic mass is 35.5. The lowest BCUT2D eigenvalue weighted by molar-refractivity contribution is -0.133. The van der Waals surface area contributed by atoms with Crippen LogP contribution in [0.5, 0.6) is 0 Å². The van der Waals surface area contributed by atoms with Gasteiger partial charge in [0.2, 0.25) is 15.9 Å². The molecule has 162 valence electrons. The third-order valence-corrected chi connectivity index (χ3v) is 7.54. The van der Waals surface area contributed by atoms with Gasteiger partial charge in [0.1, 0.15) is 6.04 Å². The Balaban J connectivity index is 1.48. The highest BCUT2D eigenvalue weighted by Crippen LogP contribution is 2.28. The largest absolute Gasteiger partial charge is 0.340 e. The van der Waals surface area contributed by atoms with Gasteiger partial charge in [0, 0.05) is 36.9 Å². The van der Waals surface area contributed by atoms with Crippen molar-refractivity contribution in [3.8, 4) is 5.69 Å². The van der Waals surface area contributed by atoms with Crippen molar-refractivity contribution in [1.29, 1.82) is 0 Å². The second-order valence-corrected chi connectivity index (χ2v) is 9.88. The Morgan fingerprint density at radius 3 is 2.58 bits per heavy atom. The molecule has 1 aliphatic rings. The summed E-state index contributed by atoms with van der Waals surface area (Å²) in [7, 11) is -2.09. The second-order valence-electron chi connectivity index (χ2n) is 7.55. The van der Waals surface area contributed by atoms with E-state index in [4.69, 9.17) is 11.6 Å². The van der Waals surface area contributed by atoms with E-state index in [2.05, 4.69) is 5.10 Å². The molecule has 0 bridgehead atoms. The molecule has 1 aromatic heterocycles. The molecular formula is C22H23ClN4O3S. The first-order chi connectivity index (χ1) is 14.9. The Hall–Kier alpha value is -2.68. The Kier molecular flexibility index (Phi) is 6.13. The molecule has 0 spiro atoms. The van der Waals surface area contributed by atoms with Crippen LogP contribution in [-0.2, 0) is 21.4 Å². The molecule has 0 N–H and O–H groups in total. The van der Waals surface area contributed by atoms with Gasteiger partial charge in [-0.15, -0.1) is 0 Å². The molecule has 31 heavy (non-hydrogen) atoms. The number of para-hydroxylation sites is 1. The summed E-state index contributed by atoms with van der Waals surface area (Å²) in [5.74, 6) is -0.220. The quantitative estimate of drug-likeness (QED) is 0.567. The van der Waals surface area contributed by atoms with Crippen molar-refractivity contribution in [1.82, 2.24) is 19.0 Å². The van der Waals surface area contributed by atoms with Crippen LogP contribution in [0.25, 0.3) is 5.69 Å². The SMILES string of the molecule is CN(Cc1cnn(-c2ccccc2)c1)C(=O)[C@H]1CCCN1S(=O)(=O)c1ccc(Cl)cc1. The summed E-state index contributed by atoms with van der Waals surface area (Å²) in [5, 5.41) is 4.82. The molecule has 2 heterocycles. The number of carbonyl (C=O) groups excluding carboxylic acids is 1. The van der Waals surface area contributed by atoms with Crippen molar-refractivity contribution in [2.24, 2.45) is 0 Å². The highest BCUT2D eigenvalue weighted by molar-refractivity contribution is 7.89. The number of halogens is 1. The second kappa shape index (κ2) is 8.82. The Morgan fingerprint density at radius 1 is 1.16 bits per heavy atom. The summed E-state index contributed by atoms with van der Waals surface area (Å²) in [6.45, 7) is 0.665. The van der Waals surface area contributed by atoms with Crippen LogP contribution in [0.3, 0.4) is 0 Å². The molecule has 3 aromatic rings. The lowest BCUT2D eigenvalue weighted by Crippen LogP contribution is -2.46. The van der Waals surface area contributed by atoms with E-state index in [9.17, 15) is 13.2 Å². The van der Waals surface area contributed by atoms with Crippen LogP contribution in [0.15, 0.2) is 71.9 Å². The summed E-state index contributed by atoms with van der Waals surface area (Å²) in [5.41, 5.74) is 1.79. The maximum Gasteiger partial charge on any atom is 0.243 e. The minimum Gasteiger partial charge on any atom is -0.340 e. The summed E-state index contributed by atoms with van der Waals surface area (Å²) < 4.78 is 29.3. The van der Waals surface area contributed by atoms with Gasteiger partial charge < -0.3 is 4.90 Å². The normalized spacial score (nSPS) is 17.0. The predicted octanol–water partition coefficient (Wildman–Crippen LogP) is 3.34. The summed E-state index contributed by atoms with van der Waals surface area (Å²) in [6, 6.07) is 15.0. The lowest BCUT2D eigenvalue weighted by Gasteiger charge is -2.27. The fourth-order valence-electron chi connectivity index (χ4n) is 3.79. The van der Waals surface area contributed by atoms with E-state index >= 15 is 0 Å². The maximum absolute atomic E-state index is 13.1. The molecule has 1 saturated heterocycles. The number of amides is 1. The molecule has 4 rings (SSSR count). The zero-order chi connectivity index (χ0) is 22.0. The number of carbonyl (C=O) groups is 1. The number of benzene rings is 2. The molecule has 1 fully saturated rings. The number of likely N-dealkylation sites (N-methyl/N-ethyl adjacent to an activating group) is 1. The number of hydrogen-bond donors (Lipinski definition) is 0.